The number of hydrogen-bond donors (Lipinski definition) is 0. The predicted octanol–water partition coefficient (Wildman–Crippen LogP) is 4.77. The van der Waals surface area contributed by atoms with Crippen molar-refractivity contribution in [3.63, 3.8) is 0 Å². The topological polar surface area (TPSA) is 9.23 Å². The van der Waals surface area contributed by atoms with Crippen LogP contribution in [-0.2, 0) is 6.61 Å². The van der Waals surface area contributed by atoms with Crippen LogP contribution in [0.5, 0.6) is 5.75 Å². The zero-order valence-electron chi connectivity index (χ0n) is 10.4. The van der Waals surface area contributed by atoms with E-state index in [1.54, 1.807) is 6.07 Å². The molecule has 0 unspecified atom stereocenters. The molecule has 0 saturated carbocycles. The molecule has 8 heteroatoms. The number of benzene rings is 2. The molecule has 0 fully saturated rings. The predicted molar refractivity (Wildman–Crippen MR) is 75.9 cm³/mol. The fourth-order valence-electron chi connectivity index (χ4n) is 1.72. The molecular weight excluding hydrogens is 330 g/mol. The SMILES string of the molecule is Fc1ccc(OCc2cc(Cl)ccc2Cl)c([B-](F)(F)F)c1. The second-order valence-corrected chi connectivity index (χ2v) is 5.12. The maximum absolute atomic E-state index is 13.0. The van der Waals surface area contributed by atoms with Crippen molar-refractivity contribution >= 4 is 35.6 Å². The number of ether oxygens (including phenoxy) is 1. The van der Waals surface area contributed by atoms with Gasteiger partial charge >= 0.3 is 6.98 Å². The molecule has 0 aliphatic heterocycles. The van der Waals surface area contributed by atoms with Crippen molar-refractivity contribution in [2.45, 2.75) is 6.61 Å². The highest BCUT2D eigenvalue weighted by atomic mass is 35.5. The minimum Gasteiger partial charge on any atom is -0.492 e. The van der Waals surface area contributed by atoms with E-state index in [-0.39, 0.29) is 6.61 Å². The Kier molecular flexibility index (Phi) is 4.69. The summed E-state index contributed by atoms with van der Waals surface area (Å²) in [6, 6.07) is 6.82. The lowest BCUT2D eigenvalue weighted by molar-refractivity contribution is 0.306. The van der Waals surface area contributed by atoms with Crippen LogP contribution in [0.25, 0.3) is 0 Å². The fourth-order valence-corrected chi connectivity index (χ4v) is 2.08. The van der Waals surface area contributed by atoms with Gasteiger partial charge in [-0.1, -0.05) is 28.7 Å². The molecule has 2 aromatic carbocycles. The molecule has 0 bridgehead atoms. The summed E-state index contributed by atoms with van der Waals surface area (Å²) in [7, 11) is 0. The number of hydrogen-bond acceptors (Lipinski definition) is 1. The Balaban J connectivity index is 2.26. The summed E-state index contributed by atoms with van der Waals surface area (Å²) in [4.78, 5) is 0. The average molecular weight is 338 g/mol. The van der Waals surface area contributed by atoms with Crippen LogP contribution in [0.4, 0.5) is 17.3 Å². The van der Waals surface area contributed by atoms with E-state index in [0.717, 1.165) is 12.1 Å². The smallest absolute Gasteiger partial charge is 0.492 e. The molecule has 2 rings (SSSR count). The lowest BCUT2D eigenvalue weighted by Crippen LogP contribution is -2.35. The van der Waals surface area contributed by atoms with Gasteiger partial charge < -0.3 is 17.7 Å². The summed E-state index contributed by atoms with van der Waals surface area (Å²) in [6.07, 6.45) is 0. The first-order valence-electron chi connectivity index (χ1n) is 5.83. The summed E-state index contributed by atoms with van der Waals surface area (Å²) in [5.74, 6) is -1.42. The molecule has 0 spiro atoms. The van der Waals surface area contributed by atoms with Gasteiger partial charge in [0.05, 0.1) is 5.75 Å². The first-order chi connectivity index (χ1) is 9.77. The van der Waals surface area contributed by atoms with E-state index in [2.05, 4.69) is 0 Å². The molecule has 1 nitrogen and oxygen atoms in total. The van der Waals surface area contributed by atoms with Crippen LogP contribution in [0.1, 0.15) is 5.56 Å². The second kappa shape index (κ2) is 6.16. The van der Waals surface area contributed by atoms with Gasteiger partial charge in [-0.15, -0.1) is 0 Å². The van der Waals surface area contributed by atoms with Gasteiger partial charge in [0.1, 0.15) is 12.4 Å². The van der Waals surface area contributed by atoms with E-state index >= 15 is 0 Å². The highest BCUT2D eigenvalue weighted by Gasteiger charge is 2.29. The summed E-state index contributed by atoms with van der Waals surface area (Å²) < 4.78 is 56.7. The molecule has 0 radical (unpaired) electrons. The van der Waals surface area contributed by atoms with Crippen LogP contribution < -0.4 is 10.2 Å². The first-order valence-corrected chi connectivity index (χ1v) is 6.59. The van der Waals surface area contributed by atoms with Gasteiger partial charge in [-0.25, -0.2) is 4.39 Å². The maximum Gasteiger partial charge on any atom is 0.513 e. The Bertz CT molecular complexity index is 661. The molecule has 0 aliphatic rings. The van der Waals surface area contributed by atoms with E-state index in [4.69, 9.17) is 27.9 Å². The van der Waals surface area contributed by atoms with Gasteiger partial charge in [0.15, 0.2) is 0 Å². The minimum atomic E-state index is -5.38. The molecular formula is C13H8BCl2F4O-. The van der Waals surface area contributed by atoms with Gasteiger partial charge in [0, 0.05) is 15.6 Å². The lowest BCUT2D eigenvalue weighted by Gasteiger charge is -2.20. The molecule has 0 aromatic heterocycles. The highest BCUT2D eigenvalue weighted by molar-refractivity contribution is 6.74. The van der Waals surface area contributed by atoms with Crippen molar-refractivity contribution in [2.75, 3.05) is 0 Å². The van der Waals surface area contributed by atoms with Crippen LogP contribution in [0, 0.1) is 5.82 Å². The summed E-state index contributed by atoms with van der Waals surface area (Å²) in [6.45, 7) is -5.58. The Morgan fingerprint density at radius 1 is 1.00 bits per heavy atom. The van der Waals surface area contributed by atoms with Gasteiger partial charge in [-0.3, -0.25) is 0 Å². The molecule has 0 amide bonds. The molecule has 112 valence electrons. The van der Waals surface area contributed by atoms with E-state index in [1.165, 1.54) is 12.1 Å². The van der Waals surface area contributed by atoms with E-state index in [0.29, 0.717) is 21.7 Å². The maximum atomic E-state index is 13.0. The lowest BCUT2D eigenvalue weighted by atomic mass is 9.79. The quantitative estimate of drug-likeness (QED) is 0.577. The van der Waals surface area contributed by atoms with Crippen molar-refractivity contribution < 1.29 is 22.1 Å². The van der Waals surface area contributed by atoms with Crippen LogP contribution in [0.2, 0.25) is 10.0 Å². The van der Waals surface area contributed by atoms with Crippen molar-refractivity contribution in [3.05, 3.63) is 57.8 Å². The second-order valence-electron chi connectivity index (χ2n) is 4.28. The molecule has 0 heterocycles. The summed E-state index contributed by atoms with van der Waals surface area (Å²) in [5.41, 5.74) is -0.678. The van der Waals surface area contributed by atoms with Crippen molar-refractivity contribution in [1.82, 2.24) is 0 Å². The molecule has 0 aliphatic carbocycles. The van der Waals surface area contributed by atoms with Gasteiger partial charge in [-0.05, 0) is 36.4 Å². The molecule has 2 aromatic rings. The van der Waals surface area contributed by atoms with Crippen LogP contribution >= 0.6 is 23.2 Å². The monoisotopic (exact) mass is 337 g/mol. The normalized spacial score (nSPS) is 11.5. The minimum absolute atomic E-state index is 0.204. The highest BCUT2D eigenvalue weighted by Crippen LogP contribution is 2.24. The van der Waals surface area contributed by atoms with Crippen molar-refractivity contribution in [3.8, 4) is 5.75 Å². The third kappa shape index (κ3) is 4.05. The van der Waals surface area contributed by atoms with Crippen LogP contribution in [0.15, 0.2) is 36.4 Å². The van der Waals surface area contributed by atoms with E-state index < -0.39 is 24.0 Å². The zero-order chi connectivity index (χ0) is 15.6. The van der Waals surface area contributed by atoms with Crippen LogP contribution in [0.3, 0.4) is 0 Å². The molecule has 0 atom stereocenters. The first kappa shape index (κ1) is 16.0. The molecule has 0 saturated heterocycles. The molecule has 21 heavy (non-hydrogen) atoms. The van der Waals surface area contributed by atoms with Gasteiger partial charge in [-0.2, -0.15) is 0 Å². The Morgan fingerprint density at radius 2 is 1.71 bits per heavy atom. The largest absolute Gasteiger partial charge is 0.513 e. The van der Waals surface area contributed by atoms with Gasteiger partial charge in [0.25, 0.3) is 0 Å². The Hall–Kier alpha value is -1.40. The zero-order valence-corrected chi connectivity index (χ0v) is 11.9. The standard InChI is InChI=1S/C13H8BCl2F4O/c15-9-1-3-12(16)8(5-9)7-21-13-4-2-10(17)6-11(13)14(18,19)20/h1-6H,7H2/q-1. The summed E-state index contributed by atoms with van der Waals surface area (Å²) in [5, 5.41) is 0.706. The average Bonchev–Trinajstić information content (AvgIpc) is 2.40. The van der Waals surface area contributed by atoms with Gasteiger partial charge in [0.2, 0.25) is 0 Å². The summed E-state index contributed by atoms with van der Waals surface area (Å²) >= 11 is 11.7. The van der Waals surface area contributed by atoms with Crippen molar-refractivity contribution in [1.29, 1.82) is 0 Å². The van der Waals surface area contributed by atoms with Crippen LogP contribution in [-0.4, -0.2) is 6.98 Å². The van der Waals surface area contributed by atoms with E-state index in [9.17, 15) is 17.3 Å². The Labute approximate surface area is 128 Å². The Morgan fingerprint density at radius 3 is 2.38 bits per heavy atom. The fraction of sp³-hybridized carbons (Fsp3) is 0.0769. The van der Waals surface area contributed by atoms with Crippen molar-refractivity contribution in [2.24, 2.45) is 0 Å². The number of rotatable bonds is 4. The number of halogens is 6. The third-order valence-corrected chi connectivity index (χ3v) is 3.32. The third-order valence-electron chi connectivity index (χ3n) is 2.72. The van der Waals surface area contributed by atoms with E-state index in [1.807, 2.05) is 0 Å². The molecule has 0 N–H and O–H groups in total.